The first-order valence-corrected chi connectivity index (χ1v) is 5.93. The number of carboxylic acid groups (broad SMARTS) is 1. The van der Waals surface area contributed by atoms with Crippen LogP contribution in [0.4, 0.5) is 0 Å². The topological polar surface area (TPSA) is 46.5 Å². The second kappa shape index (κ2) is 7.33. The van der Waals surface area contributed by atoms with Crippen LogP contribution in [0.25, 0.3) is 0 Å². The lowest BCUT2D eigenvalue weighted by atomic mass is 10.1. The molecule has 0 saturated heterocycles. The number of hydrogen-bond acceptors (Lipinski definition) is 2. The molecule has 0 fully saturated rings. The van der Waals surface area contributed by atoms with E-state index < -0.39 is 5.97 Å². The van der Waals surface area contributed by atoms with Crippen molar-refractivity contribution in [1.82, 2.24) is 0 Å². The molecule has 3 heteroatoms. The van der Waals surface area contributed by atoms with Crippen molar-refractivity contribution < 1.29 is 14.6 Å². The Kier molecular flexibility index (Phi) is 5.71. The number of carboxylic acids is 1. The van der Waals surface area contributed by atoms with Gasteiger partial charge in [0.05, 0.1) is 0 Å². The molecule has 0 amide bonds. The minimum atomic E-state index is -0.888. The Morgan fingerprint density at radius 1 is 1.44 bits per heavy atom. The molecule has 0 saturated carbocycles. The highest BCUT2D eigenvalue weighted by atomic mass is 16.5. The molecular weight excluding hydrogens is 228 g/mol. The van der Waals surface area contributed by atoms with Crippen molar-refractivity contribution >= 4 is 5.97 Å². The maximum atomic E-state index is 10.8. The molecule has 0 aromatic heterocycles. The lowest BCUT2D eigenvalue weighted by Gasteiger charge is -2.08. The second-order valence-corrected chi connectivity index (χ2v) is 3.80. The highest BCUT2D eigenvalue weighted by molar-refractivity contribution is 5.86. The van der Waals surface area contributed by atoms with Crippen LogP contribution in [0.15, 0.2) is 48.6 Å². The quantitative estimate of drug-likeness (QED) is 0.593. The summed E-state index contributed by atoms with van der Waals surface area (Å²) < 4.78 is 5.58. The number of allylic oxidation sites excluding steroid dienone is 1. The van der Waals surface area contributed by atoms with Gasteiger partial charge in [-0.3, -0.25) is 0 Å². The van der Waals surface area contributed by atoms with Crippen molar-refractivity contribution in [2.75, 3.05) is 6.61 Å². The summed E-state index contributed by atoms with van der Waals surface area (Å²) in [6.45, 7) is 5.78. The normalized spacial score (nSPS) is 11.1. The molecule has 3 nitrogen and oxygen atoms in total. The second-order valence-electron chi connectivity index (χ2n) is 3.80. The molecule has 0 bridgehead atoms. The van der Waals surface area contributed by atoms with E-state index in [4.69, 9.17) is 9.84 Å². The first-order chi connectivity index (χ1) is 8.69. The fraction of sp³-hybridized carbons (Fsp3) is 0.267. The first kappa shape index (κ1) is 14.0. The number of carbonyl (C=O) groups is 1. The third-order valence-electron chi connectivity index (χ3n) is 2.56. The van der Waals surface area contributed by atoms with E-state index in [9.17, 15) is 4.79 Å². The Morgan fingerprint density at radius 3 is 2.78 bits per heavy atom. The molecule has 1 aromatic rings. The maximum absolute atomic E-state index is 10.8. The molecule has 0 aliphatic heterocycles. The van der Waals surface area contributed by atoms with Gasteiger partial charge < -0.3 is 9.84 Å². The van der Waals surface area contributed by atoms with Gasteiger partial charge in [-0.1, -0.05) is 31.2 Å². The number of para-hydroxylation sites is 1. The van der Waals surface area contributed by atoms with Gasteiger partial charge in [-0.15, -0.1) is 6.58 Å². The van der Waals surface area contributed by atoms with Crippen molar-refractivity contribution in [3.05, 3.63) is 54.1 Å². The van der Waals surface area contributed by atoms with Gasteiger partial charge in [0.2, 0.25) is 0 Å². The molecule has 96 valence electrons. The van der Waals surface area contributed by atoms with Gasteiger partial charge >= 0.3 is 5.97 Å². The predicted octanol–water partition coefficient (Wildman–Crippen LogP) is 3.21. The lowest BCUT2D eigenvalue weighted by Crippen LogP contribution is -2.03. The van der Waals surface area contributed by atoms with Crippen molar-refractivity contribution in [2.45, 2.75) is 19.8 Å². The van der Waals surface area contributed by atoms with E-state index in [0.29, 0.717) is 12.0 Å². The monoisotopic (exact) mass is 246 g/mol. The van der Waals surface area contributed by atoms with Gasteiger partial charge in [0.25, 0.3) is 0 Å². The molecule has 0 radical (unpaired) electrons. The summed E-state index contributed by atoms with van der Waals surface area (Å²) in [5.74, 6) is -0.116. The van der Waals surface area contributed by atoms with Gasteiger partial charge in [0, 0.05) is 5.57 Å². The maximum Gasteiger partial charge on any atom is 0.331 e. The van der Waals surface area contributed by atoms with E-state index >= 15 is 0 Å². The highest BCUT2D eigenvalue weighted by Crippen LogP contribution is 2.18. The molecule has 1 aromatic carbocycles. The molecule has 1 N–H and O–H groups in total. The zero-order valence-electron chi connectivity index (χ0n) is 10.6. The van der Waals surface area contributed by atoms with E-state index in [2.05, 4.69) is 6.58 Å². The Hall–Kier alpha value is -2.03. The summed E-state index contributed by atoms with van der Waals surface area (Å²) in [5, 5.41) is 8.87. The first-order valence-electron chi connectivity index (χ1n) is 5.93. The van der Waals surface area contributed by atoms with Crippen LogP contribution >= 0.6 is 0 Å². The zero-order chi connectivity index (χ0) is 13.4. The van der Waals surface area contributed by atoms with Gasteiger partial charge in [-0.05, 0) is 30.5 Å². The van der Waals surface area contributed by atoms with Crippen LogP contribution in [0.3, 0.4) is 0 Å². The summed E-state index contributed by atoms with van der Waals surface area (Å²) in [4.78, 5) is 10.8. The third kappa shape index (κ3) is 4.09. The molecule has 0 heterocycles. The summed E-state index contributed by atoms with van der Waals surface area (Å²) >= 11 is 0. The number of benzene rings is 1. The average Bonchev–Trinajstić information content (AvgIpc) is 2.36. The fourth-order valence-electron chi connectivity index (χ4n) is 1.58. The van der Waals surface area contributed by atoms with Crippen LogP contribution in [0.2, 0.25) is 0 Å². The minimum absolute atomic E-state index is 0.267. The van der Waals surface area contributed by atoms with Crippen LogP contribution < -0.4 is 4.74 Å². The largest absolute Gasteiger partial charge is 0.489 e. The SMILES string of the molecule is C=CCc1ccccc1OCC=C(CC)C(=O)O. The summed E-state index contributed by atoms with van der Waals surface area (Å²) in [7, 11) is 0. The van der Waals surface area contributed by atoms with E-state index in [-0.39, 0.29) is 6.61 Å². The lowest BCUT2D eigenvalue weighted by molar-refractivity contribution is -0.132. The average molecular weight is 246 g/mol. The van der Waals surface area contributed by atoms with E-state index in [1.807, 2.05) is 37.3 Å². The van der Waals surface area contributed by atoms with Crippen LogP contribution in [0, 0.1) is 0 Å². The fourth-order valence-corrected chi connectivity index (χ4v) is 1.58. The third-order valence-corrected chi connectivity index (χ3v) is 2.56. The van der Waals surface area contributed by atoms with E-state index in [0.717, 1.165) is 17.7 Å². The molecule has 0 spiro atoms. The van der Waals surface area contributed by atoms with Gasteiger partial charge in [0.15, 0.2) is 0 Å². The zero-order valence-corrected chi connectivity index (χ0v) is 10.6. The number of aliphatic carboxylic acids is 1. The Morgan fingerprint density at radius 2 is 2.17 bits per heavy atom. The summed E-state index contributed by atoms with van der Waals surface area (Å²) in [5.41, 5.74) is 1.42. The van der Waals surface area contributed by atoms with Crippen LogP contribution in [0.1, 0.15) is 18.9 Å². The molecule has 1 rings (SSSR count). The molecule has 18 heavy (non-hydrogen) atoms. The summed E-state index contributed by atoms with van der Waals surface area (Å²) in [6, 6.07) is 7.68. The Balaban J connectivity index is 2.68. The summed E-state index contributed by atoms with van der Waals surface area (Å²) in [6.07, 6.45) is 4.65. The number of rotatable bonds is 7. The Bertz CT molecular complexity index is 447. The van der Waals surface area contributed by atoms with Crippen LogP contribution in [0.5, 0.6) is 5.75 Å². The van der Waals surface area contributed by atoms with Crippen molar-refractivity contribution in [1.29, 1.82) is 0 Å². The Labute approximate surface area is 107 Å². The molecule has 0 aliphatic rings. The highest BCUT2D eigenvalue weighted by Gasteiger charge is 2.04. The van der Waals surface area contributed by atoms with E-state index in [1.54, 1.807) is 6.08 Å². The van der Waals surface area contributed by atoms with E-state index in [1.165, 1.54) is 0 Å². The number of hydrogen-bond donors (Lipinski definition) is 1. The van der Waals surface area contributed by atoms with Crippen LogP contribution in [-0.4, -0.2) is 17.7 Å². The molecule has 0 aliphatic carbocycles. The minimum Gasteiger partial charge on any atom is -0.489 e. The smallest absolute Gasteiger partial charge is 0.331 e. The predicted molar refractivity (Wildman–Crippen MR) is 71.8 cm³/mol. The van der Waals surface area contributed by atoms with Crippen molar-refractivity contribution in [3.8, 4) is 5.75 Å². The van der Waals surface area contributed by atoms with Gasteiger partial charge in [-0.2, -0.15) is 0 Å². The van der Waals surface area contributed by atoms with Crippen molar-refractivity contribution in [2.24, 2.45) is 0 Å². The molecule has 0 atom stereocenters. The standard InChI is InChI=1S/C15H18O3/c1-3-7-13-8-5-6-9-14(13)18-11-10-12(4-2)15(16)17/h3,5-6,8-10H,1,4,7,11H2,2H3,(H,16,17). The molecular formula is C15H18O3. The number of ether oxygens (including phenoxy) is 1. The van der Waals surface area contributed by atoms with Gasteiger partial charge in [-0.25, -0.2) is 4.79 Å². The van der Waals surface area contributed by atoms with Gasteiger partial charge in [0.1, 0.15) is 12.4 Å². The molecule has 0 unspecified atom stereocenters. The van der Waals surface area contributed by atoms with Crippen LogP contribution in [-0.2, 0) is 11.2 Å². The van der Waals surface area contributed by atoms with Crippen molar-refractivity contribution in [3.63, 3.8) is 0 Å².